The molecule has 1 saturated carbocycles. The van der Waals surface area contributed by atoms with Crippen LogP contribution in [0.3, 0.4) is 0 Å². The summed E-state index contributed by atoms with van der Waals surface area (Å²) in [7, 11) is 0. The Hall–Kier alpha value is -3.20. The summed E-state index contributed by atoms with van der Waals surface area (Å²) in [5.74, 6) is 0.168. The number of aryl methyl sites for hydroxylation is 1. The van der Waals surface area contributed by atoms with Crippen LogP contribution >= 0.6 is 0 Å². The summed E-state index contributed by atoms with van der Waals surface area (Å²) in [5, 5.41) is 16.3. The molecule has 0 bridgehead atoms. The normalized spacial score (nSPS) is 13.7. The first kappa shape index (κ1) is 14.4. The highest BCUT2D eigenvalue weighted by atomic mass is 16.5. The van der Waals surface area contributed by atoms with Gasteiger partial charge in [0.05, 0.1) is 28.3 Å². The number of fused-ring (bicyclic) bond motifs is 1. The third-order valence-electron chi connectivity index (χ3n) is 4.15. The minimum atomic E-state index is -0.236. The highest BCUT2D eigenvalue weighted by Crippen LogP contribution is 2.40. The van der Waals surface area contributed by atoms with Crippen molar-refractivity contribution in [2.45, 2.75) is 25.7 Å². The van der Waals surface area contributed by atoms with E-state index < -0.39 is 0 Å². The van der Waals surface area contributed by atoms with Gasteiger partial charge in [0.25, 0.3) is 11.6 Å². The second-order valence-corrected chi connectivity index (χ2v) is 5.96. The zero-order chi connectivity index (χ0) is 16.7. The Kier molecular flexibility index (Phi) is 3.28. The van der Waals surface area contributed by atoms with E-state index in [2.05, 4.69) is 21.5 Å². The van der Waals surface area contributed by atoms with Gasteiger partial charge < -0.3 is 9.84 Å². The largest absolute Gasteiger partial charge is 0.336 e. The van der Waals surface area contributed by atoms with E-state index in [4.69, 9.17) is 9.78 Å². The molecule has 4 rings (SSSR count). The molecule has 1 aliphatic rings. The van der Waals surface area contributed by atoms with E-state index in [0.29, 0.717) is 39.5 Å². The average Bonchev–Trinajstić information content (AvgIpc) is 3.39. The lowest BCUT2D eigenvalue weighted by Crippen LogP contribution is -2.13. The second-order valence-electron chi connectivity index (χ2n) is 5.96. The molecule has 118 valence electrons. The number of benzene rings is 1. The minimum Gasteiger partial charge on any atom is -0.336 e. The van der Waals surface area contributed by atoms with Gasteiger partial charge in [-0.1, -0.05) is 5.16 Å². The molecule has 2 heterocycles. The van der Waals surface area contributed by atoms with E-state index in [-0.39, 0.29) is 5.91 Å². The monoisotopic (exact) mass is 318 g/mol. The lowest BCUT2D eigenvalue weighted by atomic mass is 10.1. The van der Waals surface area contributed by atoms with E-state index in [1.807, 2.05) is 6.07 Å². The first-order valence-corrected chi connectivity index (χ1v) is 7.74. The number of carbonyl (C=O) groups is 1. The third-order valence-corrected chi connectivity index (χ3v) is 4.15. The molecule has 6 heteroatoms. The molecule has 3 aromatic rings. The predicted octanol–water partition coefficient (Wildman–Crippen LogP) is 3.53. The molecule has 1 amide bonds. The van der Waals surface area contributed by atoms with Crippen molar-refractivity contribution < 1.29 is 9.32 Å². The van der Waals surface area contributed by atoms with Gasteiger partial charge in [-0.3, -0.25) is 4.79 Å². The van der Waals surface area contributed by atoms with Gasteiger partial charge in [0.2, 0.25) is 0 Å². The molecule has 0 saturated heterocycles. The van der Waals surface area contributed by atoms with Gasteiger partial charge in [-0.2, -0.15) is 5.26 Å². The fraction of sp³-hybridized carbons (Fsp3) is 0.222. The fourth-order valence-corrected chi connectivity index (χ4v) is 2.71. The topological polar surface area (TPSA) is 91.8 Å². The van der Waals surface area contributed by atoms with Crippen LogP contribution in [0.1, 0.15) is 46.1 Å². The first-order chi connectivity index (χ1) is 11.7. The summed E-state index contributed by atoms with van der Waals surface area (Å²) < 4.78 is 5.26. The molecule has 6 nitrogen and oxygen atoms in total. The van der Waals surface area contributed by atoms with Crippen LogP contribution in [0.15, 0.2) is 34.9 Å². The number of aromatic nitrogens is 2. The van der Waals surface area contributed by atoms with Crippen molar-refractivity contribution in [1.29, 1.82) is 5.26 Å². The van der Waals surface area contributed by atoms with Crippen molar-refractivity contribution >= 4 is 22.7 Å². The Morgan fingerprint density at radius 3 is 2.75 bits per heavy atom. The SMILES string of the molecule is Cc1noc2nc(C3CC3)cc(C(=O)Nc3ccc(C#N)cc3)c12. The number of hydrogen-bond donors (Lipinski definition) is 1. The Morgan fingerprint density at radius 1 is 1.33 bits per heavy atom. The first-order valence-electron chi connectivity index (χ1n) is 7.74. The standard InChI is InChI=1S/C18H14N4O2/c1-10-16-14(8-15(12-4-5-12)21-18(16)24-22-10)17(23)20-13-6-2-11(9-19)3-7-13/h2-3,6-8,12H,4-5H2,1H3,(H,20,23). The molecule has 0 spiro atoms. The molecule has 0 aliphatic heterocycles. The van der Waals surface area contributed by atoms with Crippen molar-refractivity contribution in [2.75, 3.05) is 5.32 Å². The number of anilines is 1. The third kappa shape index (κ3) is 2.50. The van der Waals surface area contributed by atoms with E-state index >= 15 is 0 Å². The minimum absolute atomic E-state index is 0.236. The maximum Gasteiger partial charge on any atom is 0.259 e. The number of pyridine rings is 1. The summed E-state index contributed by atoms with van der Waals surface area (Å²) in [5.41, 5.74) is 3.62. The van der Waals surface area contributed by atoms with Crippen LogP contribution in [0.5, 0.6) is 0 Å². The molecule has 24 heavy (non-hydrogen) atoms. The number of hydrogen-bond acceptors (Lipinski definition) is 5. The number of nitriles is 1. The molecule has 1 aromatic carbocycles. The van der Waals surface area contributed by atoms with E-state index in [9.17, 15) is 4.79 Å². The zero-order valence-corrected chi connectivity index (χ0v) is 13.0. The smallest absolute Gasteiger partial charge is 0.259 e. The lowest BCUT2D eigenvalue weighted by molar-refractivity contribution is 0.102. The number of amides is 1. The van der Waals surface area contributed by atoms with Crippen molar-refractivity contribution in [3.05, 3.63) is 52.8 Å². The van der Waals surface area contributed by atoms with Crippen molar-refractivity contribution in [3.63, 3.8) is 0 Å². The molecule has 1 fully saturated rings. The van der Waals surface area contributed by atoms with Crippen LogP contribution < -0.4 is 5.32 Å². The van der Waals surface area contributed by atoms with Crippen LogP contribution in [-0.2, 0) is 0 Å². The summed E-state index contributed by atoms with van der Waals surface area (Å²) in [6.45, 7) is 1.79. The van der Waals surface area contributed by atoms with Crippen LogP contribution in [0, 0.1) is 18.3 Å². The number of rotatable bonds is 3. The van der Waals surface area contributed by atoms with Gasteiger partial charge in [0.1, 0.15) is 0 Å². The number of nitrogens with zero attached hydrogens (tertiary/aromatic N) is 3. The quantitative estimate of drug-likeness (QED) is 0.797. The maximum atomic E-state index is 12.8. The summed E-state index contributed by atoms with van der Waals surface area (Å²) in [4.78, 5) is 17.2. The molecule has 1 aliphatic carbocycles. The fourth-order valence-electron chi connectivity index (χ4n) is 2.71. The highest BCUT2D eigenvalue weighted by Gasteiger charge is 2.28. The summed E-state index contributed by atoms with van der Waals surface area (Å²) in [6, 6.07) is 10.6. The van der Waals surface area contributed by atoms with Gasteiger partial charge in [-0.25, -0.2) is 4.98 Å². The molecular weight excluding hydrogens is 304 g/mol. The summed E-state index contributed by atoms with van der Waals surface area (Å²) in [6.07, 6.45) is 2.17. The van der Waals surface area contributed by atoms with E-state index in [1.165, 1.54) is 0 Å². The van der Waals surface area contributed by atoms with Crippen LogP contribution in [0.2, 0.25) is 0 Å². The van der Waals surface area contributed by atoms with Crippen molar-refractivity contribution in [2.24, 2.45) is 0 Å². The zero-order valence-electron chi connectivity index (χ0n) is 13.0. The Balaban J connectivity index is 1.72. The predicted molar refractivity (Wildman–Crippen MR) is 87.6 cm³/mol. The van der Waals surface area contributed by atoms with Crippen LogP contribution in [-0.4, -0.2) is 16.0 Å². The molecule has 1 N–H and O–H groups in total. The summed E-state index contributed by atoms with van der Waals surface area (Å²) >= 11 is 0. The molecule has 2 aromatic heterocycles. The van der Waals surface area contributed by atoms with Crippen molar-refractivity contribution in [3.8, 4) is 6.07 Å². The Morgan fingerprint density at radius 2 is 2.08 bits per heavy atom. The Labute approximate surface area is 138 Å². The van der Waals surface area contributed by atoms with Gasteiger partial charge in [0, 0.05) is 17.3 Å². The van der Waals surface area contributed by atoms with E-state index in [0.717, 1.165) is 18.5 Å². The average molecular weight is 318 g/mol. The molecule has 0 unspecified atom stereocenters. The molecule has 0 atom stereocenters. The van der Waals surface area contributed by atoms with Gasteiger partial charge in [-0.05, 0) is 50.1 Å². The number of carbonyl (C=O) groups excluding carboxylic acids is 1. The van der Waals surface area contributed by atoms with Gasteiger partial charge in [-0.15, -0.1) is 0 Å². The van der Waals surface area contributed by atoms with E-state index in [1.54, 1.807) is 31.2 Å². The molecular formula is C18H14N4O2. The number of nitrogens with one attached hydrogen (secondary N) is 1. The molecule has 0 radical (unpaired) electrons. The van der Waals surface area contributed by atoms with Crippen LogP contribution in [0.4, 0.5) is 5.69 Å². The highest BCUT2D eigenvalue weighted by molar-refractivity contribution is 6.12. The second kappa shape index (κ2) is 5.46. The lowest BCUT2D eigenvalue weighted by Gasteiger charge is -2.08. The van der Waals surface area contributed by atoms with Gasteiger partial charge in [0.15, 0.2) is 0 Å². The van der Waals surface area contributed by atoms with Crippen LogP contribution in [0.25, 0.3) is 11.1 Å². The van der Waals surface area contributed by atoms with Crippen molar-refractivity contribution in [1.82, 2.24) is 10.1 Å². The maximum absolute atomic E-state index is 12.8. The van der Waals surface area contributed by atoms with Gasteiger partial charge >= 0.3 is 0 Å². The Bertz CT molecular complexity index is 979.